The third-order valence-corrected chi connectivity index (χ3v) is 9.58. The van der Waals surface area contributed by atoms with Gasteiger partial charge in [0.05, 0.1) is 0 Å². The fourth-order valence-corrected chi connectivity index (χ4v) is 7.03. The lowest BCUT2D eigenvalue weighted by Crippen LogP contribution is -2.62. The molecular weight excluding hydrogens is 519 g/mol. The summed E-state index contributed by atoms with van der Waals surface area (Å²) >= 11 is 0. The molecule has 13 heteroatoms. The predicted octanol–water partition coefficient (Wildman–Crippen LogP) is 0.983. The van der Waals surface area contributed by atoms with E-state index in [2.05, 4.69) is 10.6 Å². The van der Waals surface area contributed by atoms with E-state index in [1.165, 1.54) is 4.90 Å². The first-order chi connectivity index (χ1) is 18.1. The fraction of sp³-hybridized carbons (Fsp3) is 0.808. The van der Waals surface area contributed by atoms with Crippen molar-refractivity contribution < 1.29 is 37.1 Å². The Labute approximate surface area is 225 Å². The highest BCUT2D eigenvalue weighted by Crippen LogP contribution is 2.65. The molecule has 4 fully saturated rings. The summed E-state index contributed by atoms with van der Waals surface area (Å²) < 4.78 is 39.8. The monoisotopic (exact) mass is 557 g/mol. The van der Waals surface area contributed by atoms with E-state index in [1.54, 1.807) is 6.92 Å². The SMILES string of the molecule is CC1([C@H](NC(=O)C(F)(F)F)C(=O)N2C[C@H]3[C@@H]([C@H]2C(=O)N[C@@H](C[C@@H]2CCNC2=O)C(N)=O)C3(C)C)CCCCC1. The third kappa shape index (κ3) is 5.58. The van der Waals surface area contributed by atoms with Gasteiger partial charge in [-0.3, -0.25) is 24.0 Å². The molecule has 2 aliphatic heterocycles. The minimum atomic E-state index is -5.17. The topological polar surface area (TPSA) is 151 Å². The zero-order chi connectivity index (χ0) is 28.9. The molecule has 6 atom stereocenters. The van der Waals surface area contributed by atoms with Crippen molar-refractivity contribution >= 4 is 29.5 Å². The Kier molecular flexibility index (Phi) is 7.67. The molecule has 2 aliphatic carbocycles. The van der Waals surface area contributed by atoms with Gasteiger partial charge in [-0.05, 0) is 48.3 Å². The van der Waals surface area contributed by atoms with Crippen LogP contribution in [-0.4, -0.2) is 71.8 Å². The van der Waals surface area contributed by atoms with Gasteiger partial charge in [-0.1, -0.05) is 40.0 Å². The van der Waals surface area contributed by atoms with Crippen LogP contribution in [0.15, 0.2) is 0 Å². The fourth-order valence-electron chi connectivity index (χ4n) is 7.03. The van der Waals surface area contributed by atoms with Crippen LogP contribution in [0.1, 0.15) is 65.7 Å². The van der Waals surface area contributed by atoms with Gasteiger partial charge in [0.1, 0.15) is 18.1 Å². The number of halogens is 3. The maximum Gasteiger partial charge on any atom is 0.471 e. The number of amides is 5. The smallest absolute Gasteiger partial charge is 0.368 e. The number of nitrogens with zero attached hydrogens (tertiary/aromatic N) is 1. The number of piperidine rings is 1. The number of carbonyl (C=O) groups is 5. The van der Waals surface area contributed by atoms with Crippen molar-refractivity contribution in [2.75, 3.05) is 13.1 Å². The molecule has 2 saturated heterocycles. The molecule has 0 aromatic carbocycles. The van der Waals surface area contributed by atoms with Gasteiger partial charge in [0.25, 0.3) is 0 Å². The van der Waals surface area contributed by atoms with Crippen molar-refractivity contribution in [2.24, 2.45) is 34.3 Å². The van der Waals surface area contributed by atoms with Gasteiger partial charge in [-0.2, -0.15) is 13.2 Å². The summed E-state index contributed by atoms with van der Waals surface area (Å²) in [5.41, 5.74) is 4.33. The van der Waals surface area contributed by atoms with Gasteiger partial charge in [-0.15, -0.1) is 0 Å². The summed E-state index contributed by atoms with van der Waals surface area (Å²) in [6.07, 6.45) is -1.47. The summed E-state index contributed by atoms with van der Waals surface area (Å²) in [5.74, 6) is -5.46. The quantitative estimate of drug-likeness (QED) is 0.351. The van der Waals surface area contributed by atoms with Crippen molar-refractivity contribution in [3.8, 4) is 0 Å². The van der Waals surface area contributed by atoms with Crippen LogP contribution in [0.25, 0.3) is 0 Å². The number of nitrogens with one attached hydrogen (secondary N) is 3. The lowest BCUT2D eigenvalue weighted by atomic mass is 9.70. The Morgan fingerprint density at radius 1 is 1.10 bits per heavy atom. The van der Waals surface area contributed by atoms with E-state index in [9.17, 15) is 37.1 Å². The molecule has 0 radical (unpaired) electrons. The number of alkyl halides is 3. The van der Waals surface area contributed by atoms with Crippen molar-refractivity contribution in [3.05, 3.63) is 0 Å². The minimum absolute atomic E-state index is 0.00734. The second-order valence-electron chi connectivity index (χ2n) is 12.5. The van der Waals surface area contributed by atoms with Crippen molar-refractivity contribution in [3.63, 3.8) is 0 Å². The van der Waals surface area contributed by atoms with E-state index < -0.39 is 59.3 Å². The molecule has 2 heterocycles. The number of nitrogens with two attached hydrogens (primary N) is 1. The van der Waals surface area contributed by atoms with E-state index in [0.717, 1.165) is 6.42 Å². The number of hydrogen-bond acceptors (Lipinski definition) is 5. The molecule has 4 aliphatic rings. The van der Waals surface area contributed by atoms with Gasteiger partial charge in [-0.25, -0.2) is 0 Å². The van der Waals surface area contributed by atoms with Crippen LogP contribution in [0.4, 0.5) is 13.2 Å². The Morgan fingerprint density at radius 3 is 2.28 bits per heavy atom. The summed E-state index contributed by atoms with van der Waals surface area (Å²) in [6, 6.07) is -3.66. The molecule has 5 N–H and O–H groups in total. The minimum Gasteiger partial charge on any atom is -0.368 e. The number of primary amides is 1. The number of carbonyl (C=O) groups excluding carboxylic acids is 5. The lowest BCUT2D eigenvalue weighted by Gasteiger charge is -2.43. The van der Waals surface area contributed by atoms with Gasteiger partial charge < -0.3 is 26.6 Å². The first-order valence-corrected chi connectivity index (χ1v) is 13.6. The molecular formula is C26H38F3N5O5. The van der Waals surface area contributed by atoms with E-state index in [-0.39, 0.29) is 36.1 Å². The number of fused-ring (bicyclic) bond motifs is 1. The third-order valence-electron chi connectivity index (χ3n) is 9.58. The zero-order valence-corrected chi connectivity index (χ0v) is 22.5. The second kappa shape index (κ2) is 10.3. The molecule has 0 unspecified atom stereocenters. The normalized spacial score (nSPS) is 30.5. The first-order valence-electron chi connectivity index (χ1n) is 13.6. The summed E-state index contributed by atoms with van der Waals surface area (Å²) in [4.78, 5) is 65.1. The second-order valence-corrected chi connectivity index (χ2v) is 12.5. The van der Waals surface area contributed by atoms with Crippen LogP contribution in [-0.2, 0) is 24.0 Å². The van der Waals surface area contributed by atoms with Crippen LogP contribution in [0.5, 0.6) is 0 Å². The van der Waals surface area contributed by atoms with Gasteiger partial charge >= 0.3 is 12.1 Å². The Morgan fingerprint density at radius 2 is 1.74 bits per heavy atom. The summed E-state index contributed by atoms with van der Waals surface area (Å²) in [7, 11) is 0. The Balaban J connectivity index is 1.59. The number of likely N-dealkylation sites (tertiary alicyclic amines) is 1. The molecule has 39 heavy (non-hydrogen) atoms. The molecule has 218 valence electrons. The zero-order valence-electron chi connectivity index (χ0n) is 22.5. The van der Waals surface area contributed by atoms with Crippen LogP contribution in [0.3, 0.4) is 0 Å². The van der Waals surface area contributed by atoms with Crippen LogP contribution in [0, 0.1) is 28.6 Å². The molecule has 10 nitrogen and oxygen atoms in total. The van der Waals surface area contributed by atoms with Crippen LogP contribution in [0.2, 0.25) is 0 Å². The Bertz CT molecular complexity index is 1040. The first kappa shape index (κ1) is 29.1. The average molecular weight is 558 g/mol. The van der Waals surface area contributed by atoms with Crippen LogP contribution < -0.4 is 21.7 Å². The predicted molar refractivity (Wildman–Crippen MR) is 132 cm³/mol. The highest BCUT2D eigenvalue weighted by Gasteiger charge is 2.70. The van der Waals surface area contributed by atoms with Crippen molar-refractivity contribution in [1.82, 2.24) is 20.9 Å². The maximum absolute atomic E-state index is 14.0. The number of hydrogen-bond donors (Lipinski definition) is 4. The van der Waals surface area contributed by atoms with Gasteiger partial charge in [0, 0.05) is 19.0 Å². The maximum atomic E-state index is 14.0. The van der Waals surface area contributed by atoms with E-state index >= 15 is 0 Å². The van der Waals surface area contributed by atoms with E-state index in [0.29, 0.717) is 38.6 Å². The highest BCUT2D eigenvalue weighted by molar-refractivity contribution is 5.96. The number of rotatable bonds is 8. The molecule has 0 aromatic rings. The lowest BCUT2D eigenvalue weighted by molar-refractivity contribution is -0.176. The standard InChI is InChI=1S/C26H38F3N5O5/c1-24(2)14-12-34(22(38)18(33-23(39)26(27,28)29)25(3)8-5-4-6-9-25)17(16(14)24)21(37)32-15(19(30)35)11-13-7-10-31-20(13)36/h13-18H,4-12H2,1-3H3,(H2,30,35)(H,31,36)(H,32,37)(H,33,39)/t13-,14-,15-,16-,17-,18+/m0/s1. The molecule has 0 spiro atoms. The Hall–Kier alpha value is -2.86. The molecule has 2 saturated carbocycles. The van der Waals surface area contributed by atoms with Gasteiger partial charge in [0.15, 0.2) is 0 Å². The molecule has 0 bridgehead atoms. The van der Waals surface area contributed by atoms with Crippen molar-refractivity contribution in [2.45, 2.75) is 90.0 Å². The highest BCUT2D eigenvalue weighted by atomic mass is 19.4. The van der Waals surface area contributed by atoms with Crippen molar-refractivity contribution in [1.29, 1.82) is 0 Å². The summed E-state index contributed by atoms with van der Waals surface area (Å²) in [6.45, 7) is 6.20. The largest absolute Gasteiger partial charge is 0.471 e. The molecule has 0 aromatic heterocycles. The van der Waals surface area contributed by atoms with Crippen LogP contribution >= 0.6 is 0 Å². The van der Waals surface area contributed by atoms with E-state index in [4.69, 9.17) is 5.73 Å². The van der Waals surface area contributed by atoms with E-state index in [1.807, 2.05) is 19.2 Å². The molecule has 5 amide bonds. The average Bonchev–Trinajstić information content (AvgIpc) is 3.19. The summed E-state index contributed by atoms with van der Waals surface area (Å²) in [5, 5.41) is 7.26. The van der Waals surface area contributed by atoms with Gasteiger partial charge in [0.2, 0.25) is 23.6 Å². The molecule has 4 rings (SSSR count).